The molecule has 164 valence electrons. The molecule has 2 aliphatic heterocycles. The fourth-order valence-electron chi connectivity index (χ4n) is 3.88. The second-order valence-electron chi connectivity index (χ2n) is 7.69. The maximum Gasteiger partial charge on any atom is 0.254 e. The number of anilines is 1. The molecule has 5 rings (SSSR count). The first-order valence-electron chi connectivity index (χ1n) is 10.3. The summed E-state index contributed by atoms with van der Waals surface area (Å²) >= 11 is 0. The van der Waals surface area contributed by atoms with Crippen LogP contribution in [0.4, 0.5) is 5.69 Å². The van der Waals surface area contributed by atoms with E-state index in [0.29, 0.717) is 43.4 Å². The van der Waals surface area contributed by atoms with Gasteiger partial charge in [-0.15, -0.1) is 0 Å². The summed E-state index contributed by atoms with van der Waals surface area (Å²) in [5, 5.41) is 9.44. The summed E-state index contributed by atoms with van der Waals surface area (Å²) in [6.45, 7) is 2.64. The highest BCUT2D eigenvalue weighted by molar-refractivity contribution is 5.76. The molecule has 2 aliphatic rings. The van der Waals surface area contributed by atoms with Gasteiger partial charge in [0.15, 0.2) is 11.5 Å². The van der Waals surface area contributed by atoms with E-state index in [4.69, 9.17) is 9.47 Å². The van der Waals surface area contributed by atoms with Gasteiger partial charge in [-0.3, -0.25) is 14.2 Å². The summed E-state index contributed by atoms with van der Waals surface area (Å²) < 4.78 is 12.0. The molecule has 1 fully saturated rings. The number of piperazine rings is 1. The third kappa shape index (κ3) is 3.96. The van der Waals surface area contributed by atoms with Crippen LogP contribution in [0.25, 0.3) is 11.3 Å². The van der Waals surface area contributed by atoms with Gasteiger partial charge in [-0.25, -0.2) is 4.98 Å². The van der Waals surface area contributed by atoms with E-state index >= 15 is 0 Å². The largest absolute Gasteiger partial charge is 0.508 e. The smallest absolute Gasteiger partial charge is 0.254 e. The standard InChI is InChI=1S/C23H22N4O5/c28-18-4-2-17(3-5-18)25-7-9-26(10-8-25)23(30)13-27-14-24-19(12-22(27)29)16-1-6-20-21(11-16)32-15-31-20/h1-6,11-12,14,28H,7-10,13,15H2. The van der Waals surface area contributed by atoms with Crippen LogP contribution in [0.3, 0.4) is 0 Å². The van der Waals surface area contributed by atoms with Gasteiger partial charge in [-0.05, 0) is 42.5 Å². The molecule has 0 atom stereocenters. The molecule has 0 spiro atoms. The lowest BCUT2D eigenvalue weighted by atomic mass is 10.1. The van der Waals surface area contributed by atoms with Crippen LogP contribution in [-0.4, -0.2) is 58.4 Å². The molecular weight excluding hydrogens is 412 g/mol. The highest BCUT2D eigenvalue weighted by Crippen LogP contribution is 2.35. The van der Waals surface area contributed by atoms with E-state index in [1.54, 1.807) is 29.2 Å². The number of phenols is 1. The molecule has 0 radical (unpaired) electrons. The molecule has 0 aliphatic carbocycles. The predicted octanol–water partition coefficient (Wildman–Crippen LogP) is 1.69. The lowest BCUT2D eigenvalue weighted by Crippen LogP contribution is -2.50. The average molecular weight is 434 g/mol. The van der Waals surface area contributed by atoms with Gasteiger partial charge in [0, 0.05) is 43.5 Å². The minimum absolute atomic E-state index is 0.0491. The first-order valence-corrected chi connectivity index (χ1v) is 10.3. The van der Waals surface area contributed by atoms with Crippen LogP contribution in [0, 0.1) is 0 Å². The Labute approximate surface area is 184 Å². The molecule has 9 heteroatoms. The molecule has 2 aromatic carbocycles. The number of fused-ring (bicyclic) bond motifs is 1. The molecule has 0 unspecified atom stereocenters. The lowest BCUT2D eigenvalue weighted by molar-refractivity contribution is -0.132. The normalized spacial score (nSPS) is 15.1. The van der Waals surface area contributed by atoms with Crippen LogP contribution in [-0.2, 0) is 11.3 Å². The lowest BCUT2D eigenvalue weighted by Gasteiger charge is -2.36. The van der Waals surface area contributed by atoms with Gasteiger partial charge in [0.25, 0.3) is 5.56 Å². The third-order valence-electron chi connectivity index (χ3n) is 5.70. The van der Waals surface area contributed by atoms with E-state index in [1.165, 1.54) is 17.0 Å². The Morgan fingerprint density at radius 3 is 2.47 bits per heavy atom. The van der Waals surface area contributed by atoms with E-state index in [-0.39, 0.29) is 30.6 Å². The second-order valence-corrected chi connectivity index (χ2v) is 7.69. The number of hydrogen-bond acceptors (Lipinski definition) is 7. The summed E-state index contributed by atoms with van der Waals surface area (Å²) in [7, 11) is 0. The zero-order valence-electron chi connectivity index (χ0n) is 17.3. The number of amides is 1. The SMILES string of the molecule is O=C(Cn1cnc(-c2ccc3c(c2)OCO3)cc1=O)N1CCN(c2ccc(O)cc2)CC1. The number of aromatic nitrogens is 2. The number of carbonyl (C=O) groups is 1. The van der Waals surface area contributed by atoms with Gasteiger partial charge in [0.1, 0.15) is 12.3 Å². The molecular formula is C23H22N4O5. The molecule has 1 saturated heterocycles. The minimum atomic E-state index is -0.288. The Bertz CT molecular complexity index is 1200. The zero-order valence-corrected chi connectivity index (χ0v) is 17.3. The number of carbonyl (C=O) groups excluding carboxylic acids is 1. The summed E-state index contributed by atoms with van der Waals surface area (Å²) in [5.41, 5.74) is 1.98. The fraction of sp³-hybridized carbons (Fsp3) is 0.261. The molecule has 3 heterocycles. The van der Waals surface area contributed by atoms with E-state index in [2.05, 4.69) is 9.88 Å². The summed E-state index contributed by atoms with van der Waals surface area (Å²) in [4.78, 5) is 33.6. The number of nitrogens with zero attached hydrogens (tertiary/aromatic N) is 4. The average Bonchev–Trinajstić information content (AvgIpc) is 3.29. The van der Waals surface area contributed by atoms with E-state index in [9.17, 15) is 14.7 Å². The fourth-order valence-corrected chi connectivity index (χ4v) is 3.88. The van der Waals surface area contributed by atoms with Crippen molar-refractivity contribution in [2.75, 3.05) is 37.9 Å². The highest BCUT2D eigenvalue weighted by Gasteiger charge is 2.22. The van der Waals surface area contributed by atoms with Crippen LogP contribution in [0.1, 0.15) is 0 Å². The van der Waals surface area contributed by atoms with Gasteiger partial charge >= 0.3 is 0 Å². The Kier molecular flexibility index (Phi) is 5.14. The number of rotatable bonds is 4. The van der Waals surface area contributed by atoms with Crippen molar-refractivity contribution in [2.24, 2.45) is 0 Å². The third-order valence-corrected chi connectivity index (χ3v) is 5.70. The van der Waals surface area contributed by atoms with Gasteiger partial charge in [0.05, 0.1) is 12.0 Å². The van der Waals surface area contributed by atoms with Crippen LogP contribution in [0.2, 0.25) is 0 Å². The van der Waals surface area contributed by atoms with Gasteiger partial charge < -0.3 is 24.4 Å². The molecule has 1 N–H and O–H groups in total. The van der Waals surface area contributed by atoms with Crippen LogP contribution < -0.4 is 19.9 Å². The zero-order chi connectivity index (χ0) is 22.1. The number of benzene rings is 2. The van der Waals surface area contributed by atoms with Crippen molar-refractivity contribution in [2.45, 2.75) is 6.54 Å². The Hall–Kier alpha value is -4.01. The van der Waals surface area contributed by atoms with Crippen molar-refractivity contribution in [1.29, 1.82) is 0 Å². The quantitative estimate of drug-likeness (QED) is 0.668. The van der Waals surface area contributed by atoms with E-state index in [0.717, 1.165) is 11.3 Å². The first-order chi connectivity index (χ1) is 15.6. The van der Waals surface area contributed by atoms with Crippen molar-refractivity contribution in [3.05, 3.63) is 65.2 Å². The molecule has 1 aromatic heterocycles. The number of phenolic OH excluding ortho intramolecular Hbond substituents is 1. The van der Waals surface area contributed by atoms with Gasteiger partial charge in [-0.1, -0.05) is 0 Å². The van der Waals surface area contributed by atoms with Crippen LogP contribution >= 0.6 is 0 Å². The molecule has 0 saturated carbocycles. The Morgan fingerprint density at radius 2 is 1.72 bits per heavy atom. The monoisotopic (exact) mass is 434 g/mol. The van der Waals surface area contributed by atoms with Gasteiger partial charge in [0.2, 0.25) is 12.7 Å². The minimum Gasteiger partial charge on any atom is -0.508 e. The maximum absolute atomic E-state index is 12.7. The van der Waals surface area contributed by atoms with Crippen molar-refractivity contribution >= 4 is 11.6 Å². The predicted molar refractivity (Wildman–Crippen MR) is 117 cm³/mol. The van der Waals surface area contributed by atoms with Gasteiger partial charge in [-0.2, -0.15) is 0 Å². The number of ether oxygens (including phenoxy) is 2. The number of aromatic hydroxyl groups is 1. The molecule has 0 bridgehead atoms. The van der Waals surface area contributed by atoms with Crippen molar-refractivity contribution in [1.82, 2.24) is 14.5 Å². The number of hydrogen-bond donors (Lipinski definition) is 1. The van der Waals surface area contributed by atoms with Crippen molar-refractivity contribution in [3.8, 4) is 28.5 Å². The molecule has 32 heavy (non-hydrogen) atoms. The Morgan fingerprint density at radius 1 is 0.969 bits per heavy atom. The maximum atomic E-state index is 12.7. The first kappa shape index (κ1) is 19.9. The topological polar surface area (TPSA) is 97.1 Å². The van der Waals surface area contributed by atoms with Crippen LogP contribution in [0.15, 0.2) is 59.7 Å². The summed E-state index contributed by atoms with van der Waals surface area (Å²) in [6, 6.07) is 13.8. The molecule has 3 aromatic rings. The van der Waals surface area contributed by atoms with E-state index < -0.39 is 0 Å². The van der Waals surface area contributed by atoms with Crippen LogP contribution in [0.5, 0.6) is 17.2 Å². The Balaban J connectivity index is 1.22. The summed E-state index contributed by atoms with van der Waals surface area (Å²) in [6.07, 6.45) is 1.41. The van der Waals surface area contributed by atoms with Crippen molar-refractivity contribution in [3.63, 3.8) is 0 Å². The van der Waals surface area contributed by atoms with E-state index in [1.807, 2.05) is 18.2 Å². The molecule has 1 amide bonds. The second kappa shape index (κ2) is 8.26. The van der Waals surface area contributed by atoms with Crippen molar-refractivity contribution < 1.29 is 19.4 Å². The molecule has 9 nitrogen and oxygen atoms in total. The highest BCUT2D eigenvalue weighted by atomic mass is 16.7. The summed E-state index contributed by atoms with van der Waals surface area (Å²) in [5.74, 6) is 1.40.